The Balaban J connectivity index is 2.08. The Morgan fingerprint density at radius 3 is 2.78 bits per heavy atom. The molecule has 3 rings (SSSR count). The van der Waals surface area contributed by atoms with Crippen LogP contribution in [0.2, 0.25) is 0 Å². The van der Waals surface area contributed by atoms with Gasteiger partial charge in [0.15, 0.2) is 0 Å². The molecule has 0 aliphatic heterocycles. The molecule has 1 aromatic heterocycles. The molecule has 0 radical (unpaired) electrons. The van der Waals surface area contributed by atoms with Crippen molar-refractivity contribution in [1.29, 1.82) is 0 Å². The van der Waals surface area contributed by atoms with E-state index in [0.29, 0.717) is 16.5 Å². The average molecular weight is 390 g/mol. The van der Waals surface area contributed by atoms with E-state index in [2.05, 4.69) is 4.74 Å². The largest absolute Gasteiger partial charge is 0.469 e. The third-order valence-electron chi connectivity index (χ3n) is 4.70. The van der Waals surface area contributed by atoms with E-state index in [1.54, 1.807) is 24.3 Å². The number of aromatic nitrogens is 1. The van der Waals surface area contributed by atoms with Crippen LogP contribution in [0.3, 0.4) is 0 Å². The number of esters is 1. The summed E-state index contributed by atoms with van der Waals surface area (Å²) < 4.78 is 31.0. The first-order valence-corrected chi connectivity index (χ1v) is 9.57. The molecule has 8 nitrogen and oxygen atoms in total. The highest BCUT2D eigenvalue weighted by Crippen LogP contribution is 2.34. The lowest BCUT2D eigenvalue weighted by Gasteiger charge is -2.27. The normalized spacial score (nSPS) is 19.7. The molecule has 1 aliphatic carbocycles. The van der Waals surface area contributed by atoms with Crippen molar-refractivity contribution in [3.05, 3.63) is 70.1 Å². The van der Waals surface area contributed by atoms with E-state index in [-0.39, 0.29) is 18.5 Å². The number of hydrogen-bond donors (Lipinski definition) is 0. The van der Waals surface area contributed by atoms with Crippen LogP contribution in [0, 0.1) is 10.1 Å². The predicted octanol–water partition coefficient (Wildman–Crippen LogP) is 2.41. The Hall–Kier alpha value is -2.94. The number of fused-ring (bicyclic) bond motifs is 1. The van der Waals surface area contributed by atoms with Crippen LogP contribution in [-0.2, 0) is 26.0 Å². The number of nitro groups is 1. The summed E-state index contributed by atoms with van der Waals surface area (Å²) >= 11 is 0. The molecule has 0 bridgehead atoms. The van der Waals surface area contributed by atoms with E-state index in [1.807, 2.05) is 0 Å². The summed E-state index contributed by atoms with van der Waals surface area (Å²) in [7, 11) is -2.71. The number of hydrogen-bond acceptors (Lipinski definition) is 6. The number of carbonyl (C=O) groups excluding carboxylic acids is 1. The summed E-state index contributed by atoms with van der Waals surface area (Å²) in [5, 5.41) is 11.7. The first-order valence-electron chi connectivity index (χ1n) is 8.13. The molecule has 9 heteroatoms. The number of ether oxygens (including phenoxy) is 1. The fourth-order valence-corrected chi connectivity index (χ4v) is 4.83. The van der Waals surface area contributed by atoms with Crippen LogP contribution < -0.4 is 0 Å². The minimum absolute atomic E-state index is 0.0171. The molecule has 0 N–H and O–H groups in total. The Bertz CT molecular complexity index is 1100. The first kappa shape index (κ1) is 18.8. The quantitative estimate of drug-likeness (QED) is 0.441. The Morgan fingerprint density at radius 2 is 2.11 bits per heavy atom. The van der Waals surface area contributed by atoms with Gasteiger partial charge in [-0.15, -0.1) is 0 Å². The van der Waals surface area contributed by atoms with Crippen molar-refractivity contribution in [3.8, 4) is 0 Å². The van der Waals surface area contributed by atoms with E-state index in [1.165, 1.54) is 38.5 Å². The van der Waals surface area contributed by atoms with Crippen LogP contribution in [0.1, 0.15) is 18.9 Å². The molecule has 0 spiro atoms. The van der Waals surface area contributed by atoms with E-state index in [4.69, 9.17) is 0 Å². The zero-order chi connectivity index (χ0) is 19.8. The number of allylic oxidation sites excluding steroid dienone is 3. The molecular formula is C18H18N2O6S. The number of carbonyl (C=O) groups is 1. The zero-order valence-corrected chi connectivity index (χ0v) is 15.6. The summed E-state index contributed by atoms with van der Waals surface area (Å²) in [6.07, 6.45) is 5.35. The van der Waals surface area contributed by atoms with Crippen LogP contribution in [-0.4, -0.2) is 35.1 Å². The van der Waals surface area contributed by atoms with Gasteiger partial charge in [-0.25, -0.2) is 12.4 Å². The molecule has 0 fully saturated rings. The monoisotopic (exact) mass is 390 g/mol. The summed E-state index contributed by atoms with van der Waals surface area (Å²) in [5.41, 5.74) is 0.887. The summed E-state index contributed by atoms with van der Waals surface area (Å²) in [6, 6.07) is 6.64. The van der Waals surface area contributed by atoms with E-state index in [9.17, 15) is 23.3 Å². The van der Waals surface area contributed by atoms with Crippen molar-refractivity contribution in [2.75, 3.05) is 7.11 Å². The lowest BCUT2D eigenvalue weighted by Crippen LogP contribution is -2.39. The molecule has 1 aliphatic rings. The molecule has 142 valence electrons. The van der Waals surface area contributed by atoms with Crippen molar-refractivity contribution < 1.29 is 22.9 Å². The summed E-state index contributed by atoms with van der Waals surface area (Å²) in [6.45, 7) is 1.46. The summed E-state index contributed by atoms with van der Waals surface area (Å²) in [4.78, 5) is 22.1. The van der Waals surface area contributed by atoms with Crippen molar-refractivity contribution in [1.82, 2.24) is 3.97 Å². The fourth-order valence-electron chi connectivity index (χ4n) is 3.17. The first-order chi connectivity index (χ1) is 12.7. The van der Waals surface area contributed by atoms with E-state index >= 15 is 0 Å². The van der Waals surface area contributed by atoms with Gasteiger partial charge in [0.1, 0.15) is 4.75 Å². The molecule has 1 atom stereocenters. The SMILES string of the molecule is COC(=O)Cc1cccc2c1ccn2S(=O)(=O)C1(C)C=CC=C([N+](=O)[O-])C1. The molecule has 27 heavy (non-hydrogen) atoms. The third-order valence-corrected chi connectivity index (χ3v) is 7.00. The highest BCUT2D eigenvalue weighted by atomic mass is 32.2. The zero-order valence-electron chi connectivity index (χ0n) is 14.8. The van der Waals surface area contributed by atoms with Gasteiger partial charge >= 0.3 is 5.97 Å². The minimum atomic E-state index is -3.99. The smallest absolute Gasteiger partial charge is 0.310 e. The van der Waals surface area contributed by atoms with Gasteiger partial charge in [-0.05, 0) is 24.6 Å². The Morgan fingerprint density at radius 1 is 1.37 bits per heavy atom. The lowest BCUT2D eigenvalue weighted by molar-refractivity contribution is -0.428. The molecule has 0 amide bonds. The predicted molar refractivity (Wildman–Crippen MR) is 99.2 cm³/mol. The van der Waals surface area contributed by atoms with E-state index < -0.39 is 25.7 Å². The van der Waals surface area contributed by atoms with Crippen LogP contribution in [0.25, 0.3) is 10.9 Å². The lowest BCUT2D eigenvalue weighted by atomic mass is 10.00. The van der Waals surface area contributed by atoms with Gasteiger partial charge in [0.05, 0.1) is 30.4 Å². The number of rotatable bonds is 5. The second-order valence-electron chi connectivity index (χ2n) is 6.48. The van der Waals surface area contributed by atoms with Gasteiger partial charge in [0, 0.05) is 17.7 Å². The molecule has 0 saturated heterocycles. The van der Waals surface area contributed by atoms with Crippen LogP contribution >= 0.6 is 0 Å². The van der Waals surface area contributed by atoms with Gasteiger partial charge in [0.2, 0.25) is 15.7 Å². The molecule has 1 aromatic carbocycles. The van der Waals surface area contributed by atoms with E-state index in [0.717, 1.165) is 3.97 Å². The topological polar surface area (TPSA) is 109 Å². The molecule has 1 unspecified atom stereocenters. The van der Waals surface area contributed by atoms with Gasteiger partial charge in [-0.1, -0.05) is 24.3 Å². The van der Waals surface area contributed by atoms with Crippen LogP contribution in [0.15, 0.2) is 54.4 Å². The highest BCUT2D eigenvalue weighted by Gasteiger charge is 2.43. The van der Waals surface area contributed by atoms with Gasteiger partial charge in [0.25, 0.3) is 0 Å². The van der Waals surface area contributed by atoms with Crippen molar-refractivity contribution in [3.63, 3.8) is 0 Å². The molecule has 2 aromatic rings. The standard InChI is InChI=1S/C18H18N2O6S/c1-18(9-4-6-14(12-18)20(22)23)27(24,25)19-10-8-15-13(11-17(21)26-2)5-3-7-16(15)19/h3-10H,11-12H2,1-2H3. The number of benzene rings is 1. The van der Waals surface area contributed by atoms with Crippen molar-refractivity contribution >= 4 is 26.9 Å². The van der Waals surface area contributed by atoms with Crippen LogP contribution in [0.4, 0.5) is 0 Å². The third kappa shape index (κ3) is 3.14. The maximum atomic E-state index is 13.3. The Kier molecular flexibility index (Phi) is 4.64. The van der Waals surface area contributed by atoms with Gasteiger partial charge < -0.3 is 4.74 Å². The maximum Gasteiger partial charge on any atom is 0.310 e. The number of nitrogens with zero attached hydrogens (tertiary/aromatic N) is 2. The van der Waals surface area contributed by atoms with Gasteiger partial charge in [-0.3, -0.25) is 14.9 Å². The molecular weight excluding hydrogens is 372 g/mol. The second kappa shape index (κ2) is 6.66. The maximum absolute atomic E-state index is 13.3. The number of methoxy groups -OCH3 is 1. The highest BCUT2D eigenvalue weighted by molar-refractivity contribution is 7.91. The van der Waals surface area contributed by atoms with Gasteiger partial charge in [-0.2, -0.15) is 0 Å². The molecule has 1 heterocycles. The van der Waals surface area contributed by atoms with Crippen molar-refractivity contribution in [2.45, 2.75) is 24.5 Å². The van der Waals surface area contributed by atoms with Crippen LogP contribution in [0.5, 0.6) is 0 Å². The van der Waals surface area contributed by atoms with Crippen molar-refractivity contribution in [2.24, 2.45) is 0 Å². The Labute approximate surface area is 155 Å². The fraction of sp³-hybridized carbons (Fsp3) is 0.278. The second-order valence-corrected chi connectivity index (χ2v) is 8.76. The summed E-state index contributed by atoms with van der Waals surface area (Å²) in [5.74, 6) is -0.430. The molecule has 0 saturated carbocycles. The minimum Gasteiger partial charge on any atom is -0.469 e. The average Bonchev–Trinajstić information content (AvgIpc) is 3.07.